The average Bonchev–Trinajstić information content (AvgIpc) is 3.27. The van der Waals surface area contributed by atoms with E-state index in [1.807, 2.05) is 0 Å². The molecule has 3 aliphatic rings. The highest BCUT2D eigenvalue weighted by Gasteiger charge is 2.28. The molecular weight excluding hydrogens is 458 g/mol. The molecule has 7 rings (SSSR count). The van der Waals surface area contributed by atoms with Crippen molar-refractivity contribution >= 4 is 11.9 Å². The van der Waals surface area contributed by atoms with Gasteiger partial charge in [0.25, 0.3) is 5.89 Å². The zero-order valence-corrected chi connectivity index (χ0v) is 19.6. The number of carbonyl (C=O) groups is 1. The highest BCUT2D eigenvalue weighted by Crippen LogP contribution is 2.41. The van der Waals surface area contributed by atoms with Gasteiger partial charge < -0.3 is 14.6 Å². The molecule has 3 aromatic heterocycles. The number of H-pyrrole nitrogens is 1. The van der Waals surface area contributed by atoms with Crippen LogP contribution in [-0.2, 0) is 37.0 Å². The number of amides is 1. The molecule has 0 saturated heterocycles. The zero-order valence-electron chi connectivity index (χ0n) is 19.6. The Bertz CT molecular complexity index is 1420. The number of benzene rings is 1. The van der Waals surface area contributed by atoms with E-state index in [0.29, 0.717) is 36.9 Å². The molecule has 11 heteroatoms. The third-order valence-corrected chi connectivity index (χ3v) is 7.23. The van der Waals surface area contributed by atoms with E-state index in [-0.39, 0.29) is 24.3 Å². The summed E-state index contributed by atoms with van der Waals surface area (Å²) in [4.78, 5) is 23.3. The first-order valence-corrected chi connectivity index (χ1v) is 12.4. The number of carbonyl (C=O) groups excluding carboxylic acids is 1. The molecule has 1 fully saturated rings. The van der Waals surface area contributed by atoms with Crippen molar-refractivity contribution in [3.8, 4) is 11.5 Å². The number of anilines is 1. The second-order valence-corrected chi connectivity index (χ2v) is 9.81. The SMILES string of the molecule is O=C(Cc1nnc(-c2cnc(NC3Cc4ccc(C5CC5)cc4C3)nc2)o1)N1CCc2n[nH]nc2C1. The number of aromatic amines is 1. The summed E-state index contributed by atoms with van der Waals surface area (Å²) in [5.74, 6) is 1.82. The van der Waals surface area contributed by atoms with Gasteiger partial charge in [-0.25, -0.2) is 9.97 Å². The number of rotatable bonds is 6. The Morgan fingerprint density at radius 1 is 1.08 bits per heavy atom. The minimum atomic E-state index is -0.0866. The normalized spacial score (nSPS) is 18.7. The molecule has 1 unspecified atom stereocenters. The van der Waals surface area contributed by atoms with Crippen molar-refractivity contribution in [1.82, 2.24) is 40.5 Å². The van der Waals surface area contributed by atoms with Gasteiger partial charge in [-0.3, -0.25) is 4.79 Å². The van der Waals surface area contributed by atoms with E-state index >= 15 is 0 Å². The van der Waals surface area contributed by atoms with Crippen molar-refractivity contribution in [2.45, 2.75) is 57.0 Å². The van der Waals surface area contributed by atoms with Crippen LogP contribution in [-0.4, -0.2) is 59.0 Å². The lowest BCUT2D eigenvalue weighted by Gasteiger charge is -2.24. The highest BCUT2D eigenvalue weighted by atomic mass is 16.4. The summed E-state index contributed by atoms with van der Waals surface area (Å²) in [6.45, 7) is 1.02. The first-order valence-electron chi connectivity index (χ1n) is 12.4. The Morgan fingerprint density at radius 3 is 2.78 bits per heavy atom. The van der Waals surface area contributed by atoms with Gasteiger partial charge >= 0.3 is 0 Å². The summed E-state index contributed by atoms with van der Waals surface area (Å²) < 4.78 is 5.73. The number of aromatic nitrogens is 7. The summed E-state index contributed by atoms with van der Waals surface area (Å²) in [6, 6.07) is 7.23. The summed E-state index contributed by atoms with van der Waals surface area (Å²) in [7, 11) is 0. The predicted molar refractivity (Wildman–Crippen MR) is 128 cm³/mol. The lowest BCUT2D eigenvalue weighted by Crippen LogP contribution is -2.37. The molecule has 4 heterocycles. The molecule has 1 aliphatic heterocycles. The van der Waals surface area contributed by atoms with Gasteiger partial charge in [0.2, 0.25) is 17.7 Å². The second kappa shape index (κ2) is 8.51. The van der Waals surface area contributed by atoms with Gasteiger partial charge in [-0.05, 0) is 48.3 Å². The molecule has 0 bridgehead atoms. The van der Waals surface area contributed by atoms with Crippen LogP contribution in [0.1, 0.15) is 52.7 Å². The largest absolute Gasteiger partial charge is 0.420 e. The number of hydrogen-bond donors (Lipinski definition) is 2. The van der Waals surface area contributed by atoms with E-state index in [9.17, 15) is 4.79 Å². The van der Waals surface area contributed by atoms with E-state index in [2.05, 4.69) is 59.1 Å². The Labute approximate surface area is 206 Å². The van der Waals surface area contributed by atoms with Crippen molar-refractivity contribution in [3.63, 3.8) is 0 Å². The molecule has 0 radical (unpaired) electrons. The van der Waals surface area contributed by atoms with Crippen LogP contribution in [0.15, 0.2) is 35.0 Å². The maximum absolute atomic E-state index is 12.7. The van der Waals surface area contributed by atoms with Crippen LogP contribution < -0.4 is 5.32 Å². The average molecular weight is 484 g/mol. The van der Waals surface area contributed by atoms with Gasteiger partial charge in [0.05, 0.1) is 17.8 Å². The van der Waals surface area contributed by atoms with Crippen LogP contribution in [0.2, 0.25) is 0 Å². The third-order valence-electron chi connectivity index (χ3n) is 7.23. The lowest BCUT2D eigenvalue weighted by atomic mass is 10.0. The monoisotopic (exact) mass is 483 g/mol. The highest BCUT2D eigenvalue weighted by molar-refractivity contribution is 5.78. The van der Waals surface area contributed by atoms with Crippen LogP contribution in [0.25, 0.3) is 11.5 Å². The topological polar surface area (TPSA) is 139 Å². The van der Waals surface area contributed by atoms with Crippen LogP contribution in [0.3, 0.4) is 0 Å². The summed E-state index contributed by atoms with van der Waals surface area (Å²) >= 11 is 0. The number of nitrogens with zero attached hydrogens (tertiary/aromatic N) is 7. The number of hydrogen-bond acceptors (Lipinski definition) is 9. The summed E-state index contributed by atoms with van der Waals surface area (Å²) in [5, 5.41) is 22.4. The van der Waals surface area contributed by atoms with Crippen molar-refractivity contribution in [2.24, 2.45) is 0 Å². The first kappa shape index (κ1) is 21.2. The third kappa shape index (κ3) is 4.10. The fourth-order valence-corrected chi connectivity index (χ4v) is 5.10. The molecule has 36 heavy (non-hydrogen) atoms. The quantitative estimate of drug-likeness (QED) is 0.423. The predicted octanol–water partition coefficient (Wildman–Crippen LogP) is 2.23. The standard InChI is InChI=1S/C25H25N9O2/c35-23(34-6-5-20-21(13-34)30-33-29-20)10-22-31-32-24(36-22)18-11-26-25(27-12-18)28-19-8-16-4-3-15(14-1-2-14)7-17(16)9-19/h3-4,7,11-12,14,19H,1-2,5-6,8-10,13H2,(H,26,27,28)(H,29,30,33). The van der Waals surface area contributed by atoms with Crippen LogP contribution >= 0.6 is 0 Å². The molecule has 11 nitrogen and oxygen atoms in total. The molecular formula is C25H25N9O2. The Hall–Kier alpha value is -4.15. The smallest absolute Gasteiger partial charge is 0.250 e. The van der Waals surface area contributed by atoms with E-state index in [4.69, 9.17) is 4.42 Å². The maximum atomic E-state index is 12.7. The van der Waals surface area contributed by atoms with Crippen molar-refractivity contribution < 1.29 is 9.21 Å². The molecule has 1 atom stereocenters. The molecule has 2 aliphatic carbocycles. The van der Waals surface area contributed by atoms with Crippen LogP contribution in [0.5, 0.6) is 0 Å². The number of fused-ring (bicyclic) bond motifs is 2. The van der Waals surface area contributed by atoms with Gasteiger partial charge in [-0.15, -0.1) is 10.2 Å². The fourth-order valence-electron chi connectivity index (χ4n) is 5.10. The van der Waals surface area contributed by atoms with Gasteiger partial charge in [0, 0.05) is 31.4 Å². The molecule has 1 amide bonds. The summed E-state index contributed by atoms with van der Waals surface area (Å²) in [5.41, 5.74) is 6.66. The Kier molecular flexibility index (Phi) is 5.00. The van der Waals surface area contributed by atoms with Crippen molar-refractivity contribution in [2.75, 3.05) is 11.9 Å². The van der Waals surface area contributed by atoms with Gasteiger partial charge in [-0.1, -0.05) is 18.2 Å². The Balaban J connectivity index is 0.963. The van der Waals surface area contributed by atoms with Crippen molar-refractivity contribution in [3.05, 3.63) is 64.6 Å². The van der Waals surface area contributed by atoms with Gasteiger partial charge in [0.15, 0.2) is 0 Å². The zero-order chi connectivity index (χ0) is 24.1. The Morgan fingerprint density at radius 2 is 1.92 bits per heavy atom. The van der Waals surface area contributed by atoms with E-state index in [0.717, 1.165) is 30.1 Å². The fraction of sp³-hybridized carbons (Fsp3) is 0.400. The molecule has 1 aromatic carbocycles. The van der Waals surface area contributed by atoms with Crippen LogP contribution in [0.4, 0.5) is 5.95 Å². The van der Waals surface area contributed by atoms with Crippen molar-refractivity contribution in [1.29, 1.82) is 0 Å². The lowest BCUT2D eigenvalue weighted by molar-refractivity contribution is -0.131. The summed E-state index contributed by atoms with van der Waals surface area (Å²) in [6.07, 6.45) is 8.64. The first-order chi connectivity index (χ1) is 17.7. The van der Waals surface area contributed by atoms with E-state index in [1.165, 1.54) is 29.5 Å². The second-order valence-electron chi connectivity index (χ2n) is 9.81. The molecule has 2 N–H and O–H groups in total. The molecule has 1 saturated carbocycles. The molecule has 4 aromatic rings. The minimum Gasteiger partial charge on any atom is -0.420 e. The maximum Gasteiger partial charge on any atom is 0.250 e. The van der Waals surface area contributed by atoms with Crippen LogP contribution in [0, 0.1) is 0 Å². The minimum absolute atomic E-state index is 0.0331. The van der Waals surface area contributed by atoms with Gasteiger partial charge in [-0.2, -0.15) is 15.4 Å². The van der Waals surface area contributed by atoms with Gasteiger partial charge in [0.1, 0.15) is 12.1 Å². The number of nitrogens with one attached hydrogen (secondary N) is 2. The van der Waals surface area contributed by atoms with E-state index in [1.54, 1.807) is 17.3 Å². The molecule has 182 valence electrons. The molecule has 0 spiro atoms. The van der Waals surface area contributed by atoms with E-state index < -0.39 is 0 Å².